The van der Waals surface area contributed by atoms with E-state index in [0.29, 0.717) is 29.2 Å². The molecule has 3 rings (SSSR count). The van der Waals surface area contributed by atoms with Gasteiger partial charge in [-0.25, -0.2) is 17.7 Å². The summed E-state index contributed by atoms with van der Waals surface area (Å²) in [5.41, 5.74) is 2.09. The van der Waals surface area contributed by atoms with E-state index in [1.807, 2.05) is 11.5 Å². The second kappa shape index (κ2) is 7.73. The molecule has 8 heteroatoms. The van der Waals surface area contributed by atoms with Gasteiger partial charge in [0.1, 0.15) is 18.2 Å². The van der Waals surface area contributed by atoms with Crippen LogP contribution in [-0.4, -0.2) is 42.2 Å². The average Bonchev–Trinajstić information content (AvgIpc) is 3.03. The number of aromatic nitrogens is 2. The van der Waals surface area contributed by atoms with Gasteiger partial charge in [0.05, 0.1) is 15.9 Å². The average molecular weight is 401 g/mol. The molecule has 0 saturated heterocycles. The Kier molecular flexibility index (Phi) is 5.53. The van der Waals surface area contributed by atoms with Crippen LogP contribution in [0, 0.1) is 0 Å². The van der Waals surface area contributed by atoms with Gasteiger partial charge in [0, 0.05) is 26.2 Å². The lowest BCUT2D eigenvalue weighted by Crippen LogP contribution is -2.22. The van der Waals surface area contributed by atoms with Crippen molar-refractivity contribution >= 4 is 26.8 Å². The van der Waals surface area contributed by atoms with Gasteiger partial charge in [-0.15, -0.1) is 0 Å². The minimum atomic E-state index is -3.52. The lowest BCUT2D eigenvalue weighted by molar-refractivity contribution is 0.101. The number of fused-ring (bicyclic) bond motifs is 1. The Hall–Kier alpha value is -2.71. The van der Waals surface area contributed by atoms with Crippen molar-refractivity contribution < 1.29 is 17.9 Å². The first-order chi connectivity index (χ1) is 13.2. The van der Waals surface area contributed by atoms with E-state index < -0.39 is 10.0 Å². The van der Waals surface area contributed by atoms with E-state index >= 15 is 0 Å². The zero-order chi connectivity index (χ0) is 20.5. The summed E-state index contributed by atoms with van der Waals surface area (Å²) in [6.45, 7) is 4.43. The number of ether oxygens (including phenoxy) is 1. The molecule has 0 fully saturated rings. The molecule has 28 heavy (non-hydrogen) atoms. The van der Waals surface area contributed by atoms with E-state index in [1.54, 1.807) is 42.5 Å². The highest BCUT2D eigenvalue weighted by Gasteiger charge is 2.19. The van der Waals surface area contributed by atoms with E-state index in [9.17, 15) is 13.2 Å². The van der Waals surface area contributed by atoms with Crippen LogP contribution < -0.4 is 4.74 Å². The number of rotatable bonds is 7. The number of benzene rings is 2. The summed E-state index contributed by atoms with van der Waals surface area (Å²) in [6.07, 6.45) is 0. The highest BCUT2D eigenvalue weighted by Crippen LogP contribution is 2.23. The van der Waals surface area contributed by atoms with Crippen LogP contribution in [0.25, 0.3) is 11.0 Å². The molecular weight excluding hydrogens is 378 g/mol. The fourth-order valence-electron chi connectivity index (χ4n) is 2.93. The highest BCUT2D eigenvalue weighted by atomic mass is 32.2. The molecule has 0 amide bonds. The van der Waals surface area contributed by atoms with Crippen molar-refractivity contribution in [3.63, 3.8) is 0 Å². The maximum Gasteiger partial charge on any atom is 0.242 e. The third-order valence-electron chi connectivity index (χ3n) is 4.52. The molecule has 0 unspecified atom stereocenters. The maximum absolute atomic E-state index is 12.4. The van der Waals surface area contributed by atoms with Gasteiger partial charge in [-0.1, -0.05) is 0 Å². The number of nitrogens with zero attached hydrogens (tertiary/aromatic N) is 3. The number of carbonyl (C=O) groups is 1. The molecule has 1 heterocycles. The van der Waals surface area contributed by atoms with Gasteiger partial charge >= 0.3 is 0 Å². The largest absolute Gasteiger partial charge is 0.486 e. The van der Waals surface area contributed by atoms with Gasteiger partial charge in [0.2, 0.25) is 10.0 Å². The number of ketones is 1. The van der Waals surface area contributed by atoms with E-state index in [2.05, 4.69) is 4.98 Å². The van der Waals surface area contributed by atoms with Crippen LogP contribution in [-0.2, 0) is 23.2 Å². The Balaban J connectivity index is 1.89. The smallest absolute Gasteiger partial charge is 0.242 e. The molecule has 0 aliphatic heterocycles. The third kappa shape index (κ3) is 3.79. The topological polar surface area (TPSA) is 81.5 Å². The van der Waals surface area contributed by atoms with Crippen LogP contribution in [0.2, 0.25) is 0 Å². The predicted molar refractivity (Wildman–Crippen MR) is 107 cm³/mol. The zero-order valence-corrected chi connectivity index (χ0v) is 17.2. The fourth-order valence-corrected chi connectivity index (χ4v) is 3.85. The second-order valence-electron chi connectivity index (χ2n) is 6.58. The molecule has 2 aromatic carbocycles. The van der Waals surface area contributed by atoms with Crippen molar-refractivity contribution in [2.24, 2.45) is 0 Å². The Labute approximate surface area is 164 Å². The Morgan fingerprint density at radius 2 is 1.82 bits per heavy atom. The Bertz CT molecular complexity index is 1120. The van der Waals surface area contributed by atoms with Gasteiger partial charge in [0.15, 0.2) is 5.78 Å². The standard InChI is InChI=1S/C20H23N3O4S/c1-5-23-19-11-10-17(28(25,26)22(3)4)12-18(19)21-20(23)13-27-16-8-6-15(7-9-16)14(2)24/h6-12H,5,13H2,1-4H3. The third-order valence-corrected chi connectivity index (χ3v) is 6.33. The monoisotopic (exact) mass is 401 g/mol. The molecule has 148 valence electrons. The minimum Gasteiger partial charge on any atom is -0.486 e. The first kappa shape index (κ1) is 20.0. The number of hydrogen-bond acceptors (Lipinski definition) is 5. The summed E-state index contributed by atoms with van der Waals surface area (Å²) in [5, 5.41) is 0. The molecule has 0 atom stereocenters. The molecule has 7 nitrogen and oxygen atoms in total. The molecule has 0 radical (unpaired) electrons. The highest BCUT2D eigenvalue weighted by molar-refractivity contribution is 7.89. The zero-order valence-electron chi connectivity index (χ0n) is 16.3. The normalized spacial score (nSPS) is 11.9. The van der Waals surface area contributed by atoms with Crippen molar-refractivity contribution in [3.05, 3.63) is 53.9 Å². The minimum absolute atomic E-state index is 0.00260. The Morgan fingerprint density at radius 3 is 2.39 bits per heavy atom. The van der Waals surface area contributed by atoms with Gasteiger partial charge in [-0.05, 0) is 56.3 Å². The summed E-state index contributed by atoms with van der Waals surface area (Å²) < 4.78 is 33.7. The number of imidazole rings is 1. The first-order valence-electron chi connectivity index (χ1n) is 8.89. The quantitative estimate of drug-likeness (QED) is 0.568. The first-order valence-corrected chi connectivity index (χ1v) is 10.3. The maximum atomic E-state index is 12.4. The van der Waals surface area contributed by atoms with Crippen LogP contribution in [0.5, 0.6) is 5.75 Å². The van der Waals surface area contributed by atoms with Crippen LogP contribution in [0.1, 0.15) is 30.0 Å². The van der Waals surface area contributed by atoms with Crippen molar-refractivity contribution in [1.82, 2.24) is 13.9 Å². The summed E-state index contributed by atoms with van der Waals surface area (Å²) in [5.74, 6) is 1.34. The fraction of sp³-hybridized carbons (Fsp3) is 0.300. The number of Topliss-reactive ketones (excluding diaryl/α,β-unsaturated/α-hetero) is 1. The number of aryl methyl sites for hydroxylation is 1. The summed E-state index contributed by atoms with van der Waals surface area (Å²) >= 11 is 0. The van der Waals surface area contributed by atoms with Crippen molar-refractivity contribution in [2.45, 2.75) is 31.9 Å². The van der Waals surface area contributed by atoms with Crippen LogP contribution in [0.3, 0.4) is 0 Å². The van der Waals surface area contributed by atoms with Gasteiger partial charge < -0.3 is 9.30 Å². The van der Waals surface area contributed by atoms with Gasteiger partial charge in [-0.3, -0.25) is 4.79 Å². The SMILES string of the molecule is CCn1c(COc2ccc(C(C)=O)cc2)nc2cc(S(=O)(=O)N(C)C)ccc21. The summed E-state index contributed by atoms with van der Waals surface area (Å²) in [4.78, 5) is 16.1. The van der Waals surface area contributed by atoms with E-state index in [0.717, 1.165) is 5.52 Å². The molecule has 0 bridgehead atoms. The van der Waals surface area contributed by atoms with Gasteiger partial charge in [0.25, 0.3) is 0 Å². The summed E-state index contributed by atoms with van der Waals surface area (Å²) in [7, 11) is -0.518. The summed E-state index contributed by atoms with van der Waals surface area (Å²) in [6, 6.07) is 11.9. The van der Waals surface area contributed by atoms with E-state index in [1.165, 1.54) is 25.3 Å². The lowest BCUT2D eigenvalue weighted by Gasteiger charge is -2.11. The molecule has 1 aromatic heterocycles. The van der Waals surface area contributed by atoms with Crippen LogP contribution in [0.4, 0.5) is 0 Å². The van der Waals surface area contributed by atoms with Crippen molar-refractivity contribution in [2.75, 3.05) is 14.1 Å². The molecule has 0 aliphatic rings. The number of hydrogen-bond donors (Lipinski definition) is 0. The number of carbonyl (C=O) groups excluding carboxylic acids is 1. The lowest BCUT2D eigenvalue weighted by atomic mass is 10.1. The molecule has 0 N–H and O–H groups in total. The molecule has 0 spiro atoms. The van der Waals surface area contributed by atoms with Crippen molar-refractivity contribution in [1.29, 1.82) is 0 Å². The molecular formula is C20H23N3O4S. The molecule has 0 aliphatic carbocycles. The van der Waals surface area contributed by atoms with Crippen molar-refractivity contribution in [3.8, 4) is 5.75 Å². The molecule has 0 saturated carbocycles. The van der Waals surface area contributed by atoms with E-state index in [-0.39, 0.29) is 17.3 Å². The predicted octanol–water partition coefficient (Wildman–Crippen LogP) is 3.09. The molecule has 3 aromatic rings. The van der Waals surface area contributed by atoms with Crippen LogP contribution in [0.15, 0.2) is 47.4 Å². The van der Waals surface area contributed by atoms with Gasteiger partial charge in [-0.2, -0.15) is 0 Å². The van der Waals surface area contributed by atoms with E-state index in [4.69, 9.17) is 4.74 Å². The van der Waals surface area contributed by atoms with Crippen LogP contribution >= 0.6 is 0 Å². The second-order valence-corrected chi connectivity index (χ2v) is 8.73. The Morgan fingerprint density at radius 1 is 1.14 bits per heavy atom. The number of sulfonamides is 1.